The number of carbonyl (C=O) groups excluding carboxylic acids is 1. The van der Waals surface area contributed by atoms with Crippen LogP contribution in [-0.4, -0.2) is 45.0 Å². The standard InChI is InChI=1S/C17H30O5Si/c1-15(2,3)23(7,8)22-17(14(18)19-6)10-9-12-13(11-17)21-16(4,5)20-12/h9-10,12-13H,11H2,1-8H3/t12-,13+,17+/m0/s1. The van der Waals surface area contributed by atoms with Crippen molar-refractivity contribution in [3.8, 4) is 0 Å². The molecule has 132 valence electrons. The molecule has 0 radical (unpaired) electrons. The maximum absolute atomic E-state index is 12.6. The van der Waals surface area contributed by atoms with Crippen LogP contribution in [0, 0.1) is 0 Å². The summed E-state index contributed by atoms with van der Waals surface area (Å²) >= 11 is 0. The average Bonchev–Trinajstić information content (AvgIpc) is 2.68. The van der Waals surface area contributed by atoms with Crippen molar-refractivity contribution in [1.29, 1.82) is 0 Å². The average molecular weight is 343 g/mol. The van der Waals surface area contributed by atoms with Gasteiger partial charge in [-0.2, -0.15) is 0 Å². The number of rotatable bonds is 3. The van der Waals surface area contributed by atoms with Gasteiger partial charge in [-0.25, -0.2) is 4.79 Å². The van der Waals surface area contributed by atoms with Gasteiger partial charge in [-0.3, -0.25) is 0 Å². The molecule has 0 saturated carbocycles. The lowest BCUT2D eigenvalue weighted by Crippen LogP contribution is -2.56. The van der Waals surface area contributed by atoms with Gasteiger partial charge in [0, 0.05) is 6.42 Å². The van der Waals surface area contributed by atoms with Crippen LogP contribution in [0.5, 0.6) is 0 Å². The van der Waals surface area contributed by atoms with Gasteiger partial charge >= 0.3 is 5.97 Å². The topological polar surface area (TPSA) is 54.0 Å². The van der Waals surface area contributed by atoms with Gasteiger partial charge in [0.05, 0.1) is 13.2 Å². The highest BCUT2D eigenvalue weighted by Gasteiger charge is 2.54. The molecule has 1 saturated heterocycles. The first-order valence-corrected chi connectivity index (χ1v) is 11.1. The molecule has 0 aromatic carbocycles. The molecule has 0 aromatic rings. The molecule has 1 heterocycles. The molecule has 6 heteroatoms. The number of fused-ring (bicyclic) bond motifs is 1. The molecular formula is C17H30O5Si. The predicted octanol–water partition coefficient (Wildman–Crippen LogP) is 3.40. The van der Waals surface area contributed by atoms with Crippen molar-refractivity contribution in [2.24, 2.45) is 0 Å². The van der Waals surface area contributed by atoms with Crippen LogP contribution in [-0.2, 0) is 23.4 Å². The highest BCUT2D eigenvalue weighted by molar-refractivity contribution is 6.74. The first kappa shape index (κ1) is 18.6. The van der Waals surface area contributed by atoms with E-state index in [0.29, 0.717) is 6.42 Å². The number of esters is 1. The fourth-order valence-electron chi connectivity index (χ4n) is 2.85. The van der Waals surface area contributed by atoms with Crippen molar-refractivity contribution in [1.82, 2.24) is 0 Å². The number of hydrogen-bond donors (Lipinski definition) is 0. The summed E-state index contributed by atoms with van der Waals surface area (Å²) in [4.78, 5) is 12.6. The zero-order valence-electron chi connectivity index (χ0n) is 15.6. The Morgan fingerprint density at radius 1 is 1.26 bits per heavy atom. The monoisotopic (exact) mass is 342 g/mol. The molecule has 2 rings (SSSR count). The number of methoxy groups -OCH3 is 1. The molecule has 1 aliphatic carbocycles. The van der Waals surface area contributed by atoms with Gasteiger partial charge < -0.3 is 18.6 Å². The van der Waals surface area contributed by atoms with Crippen LogP contribution in [0.2, 0.25) is 18.1 Å². The first-order valence-electron chi connectivity index (χ1n) is 8.15. The quantitative estimate of drug-likeness (QED) is 0.447. The van der Waals surface area contributed by atoms with E-state index in [0.717, 1.165) is 0 Å². The molecule has 0 amide bonds. The first-order chi connectivity index (χ1) is 10.3. The predicted molar refractivity (Wildman–Crippen MR) is 90.6 cm³/mol. The normalized spacial score (nSPS) is 33.4. The van der Waals surface area contributed by atoms with E-state index in [1.807, 2.05) is 26.0 Å². The fraction of sp³-hybridized carbons (Fsp3) is 0.824. The van der Waals surface area contributed by atoms with Crippen LogP contribution in [0.25, 0.3) is 0 Å². The van der Waals surface area contributed by atoms with E-state index in [-0.39, 0.29) is 23.2 Å². The smallest absolute Gasteiger partial charge is 0.341 e. The second-order valence-corrected chi connectivity index (χ2v) is 13.2. The molecule has 3 atom stereocenters. The summed E-state index contributed by atoms with van der Waals surface area (Å²) in [5.74, 6) is -1.02. The summed E-state index contributed by atoms with van der Waals surface area (Å²) in [6.45, 7) is 14.5. The Labute approximate surface area is 140 Å². The number of carbonyl (C=O) groups is 1. The van der Waals surface area contributed by atoms with Crippen molar-refractivity contribution < 1.29 is 23.4 Å². The van der Waals surface area contributed by atoms with Crippen LogP contribution >= 0.6 is 0 Å². The van der Waals surface area contributed by atoms with E-state index in [9.17, 15) is 4.79 Å². The SMILES string of the molecule is COC(=O)[C@@]1(O[Si](C)(C)C(C)(C)C)C=C[C@@H]2OC(C)(C)O[C@@H]2C1. The molecule has 1 fully saturated rings. The molecule has 0 aromatic heterocycles. The van der Waals surface area contributed by atoms with Gasteiger partial charge in [-0.15, -0.1) is 0 Å². The zero-order valence-corrected chi connectivity index (χ0v) is 16.6. The summed E-state index contributed by atoms with van der Waals surface area (Å²) in [6, 6.07) is 0. The van der Waals surface area contributed by atoms with Crippen LogP contribution in [0.4, 0.5) is 0 Å². The van der Waals surface area contributed by atoms with Crippen LogP contribution in [0.3, 0.4) is 0 Å². The van der Waals surface area contributed by atoms with E-state index in [1.165, 1.54) is 7.11 Å². The molecular weight excluding hydrogens is 312 g/mol. The lowest BCUT2D eigenvalue weighted by molar-refractivity contribution is -0.163. The van der Waals surface area contributed by atoms with Crippen molar-refractivity contribution in [2.75, 3.05) is 7.11 Å². The van der Waals surface area contributed by atoms with Crippen molar-refractivity contribution >= 4 is 14.3 Å². The van der Waals surface area contributed by atoms with E-state index in [4.69, 9.17) is 18.6 Å². The molecule has 0 bridgehead atoms. The minimum atomic E-state index is -2.17. The van der Waals surface area contributed by atoms with Gasteiger partial charge in [0.15, 0.2) is 19.7 Å². The van der Waals surface area contributed by atoms with E-state index >= 15 is 0 Å². The highest BCUT2D eigenvalue weighted by Crippen LogP contribution is 2.44. The third kappa shape index (κ3) is 3.55. The van der Waals surface area contributed by atoms with Gasteiger partial charge in [0.2, 0.25) is 0 Å². The third-order valence-electron chi connectivity index (χ3n) is 5.06. The Morgan fingerprint density at radius 3 is 2.39 bits per heavy atom. The minimum absolute atomic E-state index is 0.00891. The maximum Gasteiger partial charge on any atom is 0.341 e. The Kier molecular flexibility index (Phi) is 4.61. The number of hydrogen-bond acceptors (Lipinski definition) is 5. The van der Waals surface area contributed by atoms with Crippen LogP contribution in [0.15, 0.2) is 12.2 Å². The summed E-state index contributed by atoms with van der Waals surface area (Å²) in [7, 11) is -0.774. The summed E-state index contributed by atoms with van der Waals surface area (Å²) in [5.41, 5.74) is -1.09. The molecule has 1 aliphatic heterocycles. The van der Waals surface area contributed by atoms with Gasteiger partial charge in [0.25, 0.3) is 0 Å². The molecule has 0 N–H and O–H groups in total. The van der Waals surface area contributed by atoms with Crippen LogP contribution < -0.4 is 0 Å². The van der Waals surface area contributed by atoms with Crippen molar-refractivity contribution in [2.45, 2.75) is 82.8 Å². The van der Waals surface area contributed by atoms with Gasteiger partial charge in [0.1, 0.15) is 6.10 Å². The lowest BCUT2D eigenvalue weighted by Gasteiger charge is -2.45. The summed E-state index contributed by atoms with van der Waals surface area (Å²) in [5, 5.41) is -0.00891. The van der Waals surface area contributed by atoms with Crippen molar-refractivity contribution in [3.63, 3.8) is 0 Å². The number of ether oxygens (including phenoxy) is 3. The van der Waals surface area contributed by atoms with E-state index < -0.39 is 19.7 Å². The molecule has 23 heavy (non-hydrogen) atoms. The summed E-state index contributed by atoms with van der Waals surface area (Å²) < 4.78 is 23.4. The Morgan fingerprint density at radius 2 is 1.87 bits per heavy atom. The van der Waals surface area contributed by atoms with Gasteiger partial charge in [-0.1, -0.05) is 26.8 Å². The Balaban J connectivity index is 2.33. The van der Waals surface area contributed by atoms with Crippen molar-refractivity contribution in [3.05, 3.63) is 12.2 Å². The second kappa shape index (κ2) is 5.69. The molecule has 0 spiro atoms. The second-order valence-electron chi connectivity index (χ2n) is 8.45. The molecule has 2 aliphatic rings. The van der Waals surface area contributed by atoms with E-state index in [1.54, 1.807) is 0 Å². The minimum Gasteiger partial charge on any atom is -0.467 e. The highest BCUT2D eigenvalue weighted by atomic mass is 28.4. The Hall–Kier alpha value is -0.693. The third-order valence-corrected chi connectivity index (χ3v) is 9.54. The van der Waals surface area contributed by atoms with E-state index in [2.05, 4.69) is 33.9 Å². The largest absolute Gasteiger partial charge is 0.467 e. The fourth-order valence-corrected chi connectivity index (χ4v) is 4.30. The lowest BCUT2D eigenvalue weighted by atomic mass is 9.88. The molecule has 0 unspecified atom stereocenters. The maximum atomic E-state index is 12.6. The molecule has 5 nitrogen and oxygen atoms in total. The van der Waals surface area contributed by atoms with Crippen LogP contribution in [0.1, 0.15) is 41.0 Å². The summed E-state index contributed by atoms with van der Waals surface area (Å²) in [6.07, 6.45) is 3.75. The zero-order chi connectivity index (χ0) is 17.7. The van der Waals surface area contributed by atoms with Gasteiger partial charge in [-0.05, 0) is 38.1 Å². The Bertz CT molecular complexity index is 506.